The van der Waals surface area contributed by atoms with Crippen LogP contribution in [-0.4, -0.2) is 35.6 Å². The van der Waals surface area contributed by atoms with Crippen molar-refractivity contribution in [3.63, 3.8) is 0 Å². The Morgan fingerprint density at radius 1 is 1.50 bits per heavy atom. The average Bonchev–Trinajstić information content (AvgIpc) is 2.33. The topological polar surface area (TPSA) is 28.2 Å². The molecule has 3 nitrogen and oxygen atoms in total. The standard InChI is InChI=1S/C12H19N3S/c1-9-10(2)16-7-6-15(9)11-4-5-14-12(8-11)13-3/h4-5,8-10H,6-7H2,1-3H3,(H,13,14). The molecule has 1 saturated heterocycles. The summed E-state index contributed by atoms with van der Waals surface area (Å²) >= 11 is 2.06. The highest BCUT2D eigenvalue weighted by atomic mass is 32.2. The van der Waals surface area contributed by atoms with E-state index in [4.69, 9.17) is 0 Å². The summed E-state index contributed by atoms with van der Waals surface area (Å²) in [6.07, 6.45) is 1.88. The van der Waals surface area contributed by atoms with E-state index >= 15 is 0 Å². The minimum atomic E-state index is 0.589. The molecule has 4 heteroatoms. The van der Waals surface area contributed by atoms with Gasteiger partial charge >= 0.3 is 0 Å². The maximum atomic E-state index is 4.25. The van der Waals surface area contributed by atoms with E-state index in [2.05, 4.69) is 52.9 Å². The van der Waals surface area contributed by atoms with Crippen LogP contribution in [0, 0.1) is 0 Å². The van der Waals surface area contributed by atoms with Crippen LogP contribution in [0.4, 0.5) is 11.5 Å². The number of aromatic nitrogens is 1. The van der Waals surface area contributed by atoms with E-state index in [1.165, 1.54) is 11.4 Å². The molecule has 16 heavy (non-hydrogen) atoms. The molecule has 0 amide bonds. The molecule has 1 aromatic heterocycles. The van der Waals surface area contributed by atoms with E-state index in [1.54, 1.807) is 0 Å². The minimum absolute atomic E-state index is 0.589. The van der Waals surface area contributed by atoms with Crippen LogP contribution in [0.1, 0.15) is 13.8 Å². The highest BCUT2D eigenvalue weighted by Crippen LogP contribution is 2.29. The highest BCUT2D eigenvalue weighted by Gasteiger charge is 2.25. The van der Waals surface area contributed by atoms with Gasteiger partial charge in [0.15, 0.2) is 0 Å². The van der Waals surface area contributed by atoms with Crippen molar-refractivity contribution in [3.8, 4) is 0 Å². The Labute approximate surface area is 102 Å². The van der Waals surface area contributed by atoms with Crippen LogP contribution in [-0.2, 0) is 0 Å². The van der Waals surface area contributed by atoms with E-state index in [-0.39, 0.29) is 0 Å². The van der Waals surface area contributed by atoms with E-state index < -0.39 is 0 Å². The average molecular weight is 237 g/mol. The molecule has 1 aromatic rings. The SMILES string of the molecule is CNc1cc(N2CCSC(C)C2C)ccn1. The molecule has 2 heterocycles. The number of nitrogens with zero attached hydrogens (tertiary/aromatic N) is 2. The number of rotatable bonds is 2. The van der Waals surface area contributed by atoms with E-state index in [0.717, 1.165) is 12.4 Å². The third-order valence-electron chi connectivity index (χ3n) is 3.22. The first-order chi connectivity index (χ1) is 7.72. The summed E-state index contributed by atoms with van der Waals surface area (Å²) < 4.78 is 0. The molecule has 1 aliphatic heterocycles. The number of hydrogen-bond donors (Lipinski definition) is 1. The van der Waals surface area contributed by atoms with Crippen molar-refractivity contribution in [1.29, 1.82) is 0 Å². The largest absolute Gasteiger partial charge is 0.373 e. The van der Waals surface area contributed by atoms with Gasteiger partial charge in [-0.15, -0.1) is 0 Å². The van der Waals surface area contributed by atoms with E-state index in [0.29, 0.717) is 11.3 Å². The molecule has 88 valence electrons. The number of pyridine rings is 1. The van der Waals surface area contributed by atoms with Crippen molar-refractivity contribution in [2.75, 3.05) is 29.6 Å². The normalized spacial score (nSPS) is 25.6. The molecule has 2 rings (SSSR count). The molecule has 0 aliphatic carbocycles. The Balaban J connectivity index is 2.21. The Bertz CT molecular complexity index is 356. The van der Waals surface area contributed by atoms with Crippen LogP contribution in [0.5, 0.6) is 0 Å². The van der Waals surface area contributed by atoms with Crippen molar-refractivity contribution in [1.82, 2.24) is 4.98 Å². The lowest BCUT2D eigenvalue weighted by atomic mass is 10.2. The Morgan fingerprint density at radius 3 is 3.06 bits per heavy atom. The van der Waals surface area contributed by atoms with Crippen LogP contribution in [0.3, 0.4) is 0 Å². The maximum Gasteiger partial charge on any atom is 0.127 e. The van der Waals surface area contributed by atoms with Crippen molar-refractivity contribution in [3.05, 3.63) is 18.3 Å². The van der Waals surface area contributed by atoms with Gasteiger partial charge in [-0.25, -0.2) is 4.98 Å². The number of nitrogens with one attached hydrogen (secondary N) is 1. The Kier molecular flexibility index (Phi) is 3.59. The van der Waals surface area contributed by atoms with Gasteiger partial charge in [0.1, 0.15) is 5.82 Å². The van der Waals surface area contributed by atoms with Crippen molar-refractivity contribution < 1.29 is 0 Å². The second-order valence-corrected chi connectivity index (χ2v) is 5.64. The summed E-state index contributed by atoms with van der Waals surface area (Å²) in [5.41, 5.74) is 1.28. The van der Waals surface area contributed by atoms with Crippen LogP contribution in [0.15, 0.2) is 18.3 Å². The Morgan fingerprint density at radius 2 is 2.31 bits per heavy atom. The first kappa shape index (κ1) is 11.6. The zero-order valence-corrected chi connectivity index (χ0v) is 10.9. The first-order valence-electron chi connectivity index (χ1n) is 5.74. The van der Waals surface area contributed by atoms with Gasteiger partial charge in [-0.2, -0.15) is 11.8 Å². The lowest BCUT2D eigenvalue weighted by molar-refractivity contribution is 0.627. The monoisotopic (exact) mass is 237 g/mol. The molecule has 1 fully saturated rings. The van der Waals surface area contributed by atoms with Gasteiger partial charge in [-0.05, 0) is 13.0 Å². The smallest absolute Gasteiger partial charge is 0.127 e. The van der Waals surface area contributed by atoms with Crippen molar-refractivity contribution in [2.24, 2.45) is 0 Å². The minimum Gasteiger partial charge on any atom is -0.373 e. The fourth-order valence-corrected chi connectivity index (χ4v) is 3.13. The number of anilines is 2. The van der Waals surface area contributed by atoms with Gasteiger partial charge in [0.25, 0.3) is 0 Å². The molecule has 0 spiro atoms. The Hall–Kier alpha value is -0.900. The molecule has 1 aliphatic rings. The third-order valence-corrected chi connectivity index (χ3v) is 4.55. The fourth-order valence-electron chi connectivity index (χ4n) is 2.03. The van der Waals surface area contributed by atoms with Crippen LogP contribution in [0.2, 0.25) is 0 Å². The number of thioether (sulfide) groups is 1. The molecule has 2 atom stereocenters. The zero-order valence-electron chi connectivity index (χ0n) is 10.1. The summed E-state index contributed by atoms with van der Waals surface area (Å²) in [4.78, 5) is 6.73. The van der Waals surface area contributed by atoms with E-state index in [9.17, 15) is 0 Å². The molecule has 1 N–H and O–H groups in total. The highest BCUT2D eigenvalue weighted by molar-refractivity contribution is 8.00. The van der Waals surface area contributed by atoms with Crippen molar-refractivity contribution in [2.45, 2.75) is 25.1 Å². The predicted molar refractivity (Wildman–Crippen MR) is 72.5 cm³/mol. The summed E-state index contributed by atoms with van der Waals surface area (Å²) in [6, 6.07) is 4.81. The predicted octanol–water partition coefficient (Wildman–Crippen LogP) is 2.45. The lowest BCUT2D eigenvalue weighted by Crippen LogP contribution is -2.44. The second-order valence-electron chi connectivity index (χ2n) is 4.16. The number of hydrogen-bond acceptors (Lipinski definition) is 4. The molecule has 0 radical (unpaired) electrons. The lowest BCUT2D eigenvalue weighted by Gasteiger charge is -2.39. The quantitative estimate of drug-likeness (QED) is 0.855. The molecule has 0 aromatic carbocycles. The maximum absolute atomic E-state index is 4.25. The second kappa shape index (κ2) is 4.95. The van der Waals surface area contributed by atoms with Crippen LogP contribution in [0.25, 0.3) is 0 Å². The van der Waals surface area contributed by atoms with Crippen molar-refractivity contribution >= 4 is 23.3 Å². The van der Waals surface area contributed by atoms with Gasteiger partial charge in [-0.1, -0.05) is 6.92 Å². The fraction of sp³-hybridized carbons (Fsp3) is 0.583. The molecular formula is C12H19N3S. The molecular weight excluding hydrogens is 218 g/mol. The molecule has 0 saturated carbocycles. The van der Waals surface area contributed by atoms with Crippen LogP contribution < -0.4 is 10.2 Å². The summed E-state index contributed by atoms with van der Waals surface area (Å²) in [5, 5.41) is 3.78. The van der Waals surface area contributed by atoms with Crippen LogP contribution >= 0.6 is 11.8 Å². The summed E-state index contributed by atoms with van der Waals surface area (Å²) in [5.74, 6) is 2.15. The van der Waals surface area contributed by atoms with Gasteiger partial charge in [-0.3, -0.25) is 0 Å². The van der Waals surface area contributed by atoms with Gasteiger partial charge < -0.3 is 10.2 Å². The third kappa shape index (κ3) is 2.26. The van der Waals surface area contributed by atoms with Gasteiger partial charge in [0.05, 0.1) is 0 Å². The molecule has 0 bridgehead atoms. The first-order valence-corrected chi connectivity index (χ1v) is 6.79. The molecule has 2 unspecified atom stereocenters. The zero-order chi connectivity index (χ0) is 11.5. The van der Waals surface area contributed by atoms with Gasteiger partial charge in [0, 0.05) is 48.6 Å². The summed E-state index contributed by atoms with van der Waals surface area (Å²) in [6.45, 7) is 5.74. The van der Waals surface area contributed by atoms with Gasteiger partial charge in [0.2, 0.25) is 0 Å². The van der Waals surface area contributed by atoms with E-state index in [1.807, 2.05) is 13.2 Å². The summed E-state index contributed by atoms with van der Waals surface area (Å²) in [7, 11) is 1.91.